The fourth-order valence-corrected chi connectivity index (χ4v) is 6.97. The van der Waals surface area contributed by atoms with E-state index in [1.54, 1.807) is 12.2 Å². The Morgan fingerprint density at radius 3 is 2.38 bits per heavy atom. The molecule has 40 heavy (non-hydrogen) atoms. The second-order valence-electron chi connectivity index (χ2n) is 12.1. The van der Waals surface area contributed by atoms with Crippen LogP contribution in [0.1, 0.15) is 99.3 Å². The molecule has 0 unspecified atom stereocenters. The lowest BCUT2D eigenvalue weighted by atomic mass is 9.45. The smallest absolute Gasteiger partial charge is 0.306 e. The Hall–Kier alpha value is -2.45. The van der Waals surface area contributed by atoms with E-state index >= 15 is 0 Å². The molecule has 224 valence electrons. The van der Waals surface area contributed by atoms with Crippen molar-refractivity contribution in [2.24, 2.45) is 22.7 Å². The SMILES string of the molecule is C=C/C(C)=C/C[C@]1(C)[C@H]2C[C@H](OC(=O)CCCCCCC)C=C3[C@H](OC(C)=O)O[C@H](OC(C)=O)[C@@]32[C@H](O)C[C@@H]1C. The van der Waals surface area contributed by atoms with Crippen molar-refractivity contribution in [2.75, 3.05) is 0 Å². The van der Waals surface area contributed by atoms with E-state index in [9.17, 15) is 19.5 Å². The van der Waals surface area contributed by atoms with E-state index < -0.39 is 47.6 Å². The highest BCUT2D eigenvalue weighted by Gasteiger charge is 2.71. The normalized spacial score (nSPS) is 35.2. The van der Waals surface area contributed by atoms with Crippen LogP contribution in [-0.4, -0.2) is 47.8 Å². The Morgan fingerprint density at radius 1 is 1.07 bits per heavy atom. The Labute approximate surface area is 239 Å². The molecule has 3 aliphatic rings. The number of hydrogen-bond acceptors (Lipinski definition) is 8. The van der Waals surface area contributed by atoms with Gasteiger partial charge < -0.3 is 19.3 Å². The van der Waals surface area contributed by atoms with Crippen molar-refractivity contribution in [3.8, 4) is 0 Å². The average molecular weight is 561 g/mol. The van der Waals surface area contributed by atoms with Gasteiger partial charge in [0.1, 0.15) is 6.10 Å². The van der Waals surface area contributed by atoms with Crippen LogP contribution in [0.3, 0.4) is 0 Å². The van der Waals surface area contributed by atoms with Crippen LogP contribution in [0.25, 0.3) is 0 Å². The van der Waals surface area contributed by atoms with Crippen molar-refractivity contribution >= 4 is 17.9 Å². The number of aliphatic hydroxyl groups is 1. The van der Waals surface area contributed by atoms with Crippen molar-refractivity contribution in [1.29, 1.82) is 0 Å². The van der Waals surface area contributed by atoms with Crippen LogP contribution in [0.2, 0.25) is 0 Å². The molecule has 1 spiro atoms. The number of rotatable bonds is 12. The molecule has 1 saturated carbocycles. The molecule has 1 N–H and O–H groups in total. The van der Waals surface area contributed by atoms with Gasteiger partial charge in [0.2, 0.25) is 12.6 Å². The van der Waals surface area contributed by atoms with Gasteiger partial charge in [-0.15, -0.1) is 0 Å². The zero-order valence-corrected chi connectivity index (χ0v) is 25.1. The van der Waals surface area contributed by atoms with E-state index in [1.165, 1.54) is 13.8 Å². The summed E-state index contributed by atoms with van der Waals surface area (Å²) in [5.74, 6) is -1.66. The summed E-state index contributed by atoms with van der Waals surface area (Å²) in [7, 11) is 0. The third kappa shape index (κ3) is 6.54. The van der Waals surface area contributed by atoms with E-state index in [0.717, 1.165) is 37.7 Å². The van der Waals surface area contributed by atoms with E-state index in [-0.39, 0.29) is 17.8 Å². The topological polar surface area (TPSA) is 108 Å². The van der Waals surface area contributed by atoms with Crippen molar-refractivity contribution in [1.82, 2.24) is 0 Å². The molecule has 2 aliphatic carbocycles. The minimum Gasteiger partial charge on any atom is -0.458 e. The first-order valence-corrected chi connectivity index (χ1v) is 14.8. The molecule has 0 bridgehead atoms. The zero-order chi connectivity index (χ0) is 29.7. The highest BCUT2D eigenvalue weighted by atomic mass is 16.8. The van der Waals surface area contributed by atoms with Crippen LogP contribution >= 0.6 is 0 Å². The number of allylic oxidation sites excluding steroid dienone is 3. The number of hydrogen-bond donors (Lipinski definition) is 1. The van der Waals surface area contributed by atoms with Crippen LogP contribution < -0.4 is 0 Å². The summed E-state index contributed by atoms with van der Waals surface area (Å²) in [5.41, 5.74) is -0.0311. The predicted octanol–water partition coefficient (Wildman–Crippen LogP) is 5.93. The molecule has 2 fully saturated rings. The maximum Gasteiger partial charge on any atom is 0.306 e. The maximum atomic E-state index is 12.9. The molecule has 0 amide bonds. The number of unbranched alkanes of at least 4 members (excludes halogenated alkanes) is 4. The minimum absolute atomic E-state index is 0.0759. The second-order valence-corrected chi connectivity index (χ2v) is 12.1. The first-order chi connectivity index (χ1) is 18.9. The van der Waals surface area contributed by atoms with Gasteiger partial charge >= 0.3 is 17.9 Å². The van der Waals surface area contributed by atoms with E-state index in [0.29, 0.717) is 31.3 Å². The summed E-state index contributed by atoms with van der Waals surface area (Å²) in [5, 5.41) is 11.8. The fraction of sp³-hybridized carbons (Fsp3) is 0.719. The molecule has 0 aromatic rings. The average Bonchev–Trinajstić information content (AvgIpc) is 3.17. The predicted molar refractivity (Wildman–Crippen MR) is 151 cm³/mol. The van der Waals surface area contributed by atoms with Crippen molar-refractivity contribution < 1.29 is 38.4 Å². The van der Waals surface area contributed by atoms with Crippen LogP contribution in [0.4, 0.5) is 0 Å². The number of carbonyl (C=O) groups is 3. The lowest BCUT2D eigenvalue weighted by molar-refractivity contribution is -0.254. The van der Waals surface area contributed by atoms with Gasteiger partial charge in [-0.3, -0.25) is 19.1 Å². The number of esters is 3. The first kappa shape index (κ1) is 32.1. The molecule has 3 rings (SSSR count). The third-order valence-corrected chi connectivity index (χ3v) is 9.35. The molecular weight excluding hydrogens is 512 g/mol. The molecule has 8 nitrogen and oxygen atoms in total. The molecule has 1 saturated heterocycles. The van der Waals surface area contributed by atoms with Crippen molar-refractivity contribution in [2.45, 2.75) is 124 Å². The second kappa shape index (κ2) is 13.5. The van der Waals surface area contributed by atoms with Crippen LogP contribution in [0.5, 0.6) is 0 Å². The van der Waals surface area contributed by atoms with Gasteiger partial charge in [0.05, 0.1) is 11.5 Å². The third-order valence-electron chi connectivity index (χ3n) is 9.35. The van der Waals surface area contributed by atoms with Gasteiger partial charge in [0.15, 0.2) is 0 Å². The number of carbonyl (C=O) groups excluding carboxylic acids is 3. The first-order valence-electron chi connectivity index (χ1n) is 14.8. The molecule has 1 heterocycles. The summed E-state index contributed by atoms with van der Waals surface area (Å²) in [6.45, 7) is 14.9. The highest BCUT2D eigenvalue weighted by Crippen LogP contribution is 2.67. The number of aliphatic hydroxyl groups excluding tert-OH is 1. The van der Waals surface area contributed by atoms with Crippen molar-refractivity contribution in [3.05, 3.63) is 36.0 Å². The monoisotopic (exact) mass is 560 g/mol. The van der Waals surface area contributed by atoms with Gasteiger partial charge in [-0.1, -0.05) is 70.8 Å². The van der Waals surface area contributed by atoms with Gasteiger partial charge in [-0.05, 0) is 55.9 Å². The number of ether oxygens (including phenoxy) is 4. The summed E-state index contributed by atoms with van der Waals surface area (Å²) < 4.78 is 23.4. The zero-order valence-electron chi connectivity index (χ0n) is 25.1. The van der Waals surface area contributed by atoms with Gasteiger partial charge in [0.25, 0.3) is 0 Å². The quantitative estimate of drug-likeness (QED) is 0.103. The molecule has 0 aromatic carbocycles. The largest absolute Gasteiger partial charge is 0.458 e. The molecular formula is C32H48O8. The van der Waals surface area contributed by atoms with Gasteiger partial charge in [-0.25, -0.2) is 0 Å². The molecule has 8 atom stereocenters. The Balaban J connectivity index is 2.06. The molecule has 8 heteroatoms. The summed E-state index contributed by atoms with van der Waals surface area (Å²) >= 11 is 0. The Morgan fingerprint density at radius 2 is 1.75 bits per heavy atom. The lowest BCUT2D eigenvalue weighted by Crippen LogP contribution is -2.63. The summed E-state index contributed by atoms with van der Waals surface area (Å²) in [4.78, 5) is 37.2. The van der Waals surface area contributed by atoms with Crippen molar-refractivity contribution in [3.63, 3.8) is 0 Å². The molecule has 0 radical (unpaired) electrons. The maximum absolute atomic E-state index is 12.9. The molecule has 0 aromatic heterocycles. The van der Waals surface area contributed by atoms with Gasteiger partial charge in [0, 0.05) is 25.8 Å². The summed E-state index contributed by atoms with van der Waals surface area (Å²) in [6.07, 6.45) is 8.78. The standard InChI is InChI=1S/C32H48O8/c1-8-10-11-12-13-14-28(36)39-24-18-25-29(37-22(5)33)40-30(38-23(6)34)32(25)26(19-24)31(7,16-15-20(3)9-2)21(4)17-27(32)35/h9,15,18,21,24,26-27,29-30,35H,2,8,10-14,16-17,19H2,1,3-7H3/b20-15+/t21-,24+,26+,27+,29+,30-,31-,32-/m0/s1. The Bertz CT molecular complexity index is 1010. The summed E-state index contributed by atoms with van der Waals surface area (Å²) in [6, 6.07) is 0. The minimum atomic E-state index is -1.17. The van der Waals surface area contributed by atoms with E-state index in [1.807, 2.05) is 6.92 Å². The van der Waals surface area contributed by atoms with Crippen LogP contribution in [0, 0.1) is 22.7 Å². The van der Waals surface area contributed by atoms with Crippen LogP contribution in [-0.2, 0) is 33.3 Å². The van der Waals surface area contributed by atoms with E-state index in [2.05, 4.69) is 33.4 Å². The van der Waals surface area contributed by atoms with Gasteiger partial charge in [-0.2, -0.15) is 0 Å². The van der Waals surface area contributed by atoms with Crippen LogP contribution in [0.15, 0.2) is 36.0 Å². The Kier molecular flexibility index (Phi) is 10.8. The lowest BCUT2D eigenvalue weighted by Gasteiger charge is -2.60. The molecule has 1 aliphatic heterocycles. The van der Waals surface area contributed by atoms with E-state index in [4.69, 9.17) is 18.9 Å². The highest BCUT2D eigenvalue weighted by molar-refractivity contribution is 5.70. The fourth-order valence-electron chi connectivity index (χ4n) is 6.97.